The van der Waals surface area contributed by atoms with Gasteiger partial charge in [0.25, 0.3) is 5.91 Å². The molecule has 0 aromatic heterocycles. The molecular formula is C16H13ClINO4. The number of methoxy groups -OCH3 is 1. The van der Waals surface area contributed by atoms with E-state index in [4.69, 9.17) is 21.1 Å². The first kappa shape index (κ1) is 17.6. The Labute approximate surface area is 152 Å². The highest BCUT2D eigenvalue weighted by Crippen LogP contribution is 2.33. The summed E-state index contributed by atoms with van der Waals surface area (Å²) < 4.78 is 11.4. The van der Waals surface area contributed by atoms with Crippen LogP contribution in [0, 0.1) is 3.57 Å². The van der Waals surface area contributed by atoms with Crippen LogP contribution < -0.4 is 14.8 Å². The molecule has 1 N–H and O–H groups in total. The molecule has 0 aliphatic heterocycles. The zero-order valence-corrected chi connectivity index (χ0v) is 15.1. The molecular weight excluding hydrogens is 433 g/mol. The number of nitrogens with one attached hydrogen (secondary N) is 1. The second-order valence-corrected chi connectivity index (χ2v) is 6.04. The minimum absolute atomic E-state index is 0.210. The Morgan fingerprint density at radius 2 is 2.09 bits per heavy atom. The molecule has 0 saturated heterocycles. The van der Waals surface area contributed by atoms with E-state index in [-0.39, 0.29) is 12.5 Å². The van der Waals surface area contributed by atoms with E-state index in [9.17, 15) is 9.59 Å². The summed E-state index contributed by atoms with van der Waals surface area (Å²) in [6, 6.07) is 10.1. The number of hydrogen-bond donors (Lipinski definition) is 1. The molecule has 7 heteroatoms. The minimum Gasteiger partial charge on any atom is -0.493 e. The number of anilines is 1. The number of halogens is 2. The molecule has 2 rings (SSSR count). The van der Waals surface area contributed by atoms with E-state index in [1.165, 1.54) is 7.11 Å². The Morgan fingerprint density at radius 3 is 2.74 bits per heavy atom. The summed E-state index contributed by atoms with van der Waals surface area (Å²) in [5.41, 5.74) is 0.986. The van der Waals surface area contributed by atoms with Crippen molar-refractivity contribution in [3.05, 3.63) is 50.6 Å². The molecule has 0 saturated carbocycles. The molecule has 0 aliphatic rings. The second kappa shape index (κ2) is 8.16. The van der Waals surface area contributed by atoms with Gasteiger partial charge in [-0.3, -0.25) is 9.59 Å². The largest absolute Gasteiger partial charge is 0.493 e. The van der Waals surface area contributed by atoms with Gasteiger partial charge in [-0.05, 0) is 46.9 Å². The van der Waals surface area contributed by atoms with E-state index in [1.807, 2.05) is 22.6 Å². The van der Waals surface area contributed by atoms with Crippen molar-refractivity contribution in [2.75, 3.05) is 19.0 Å². The Balaban J connectivity index is 2.07. The lowest BCUT2D eigenvalue weighted by atomic mass is 10.2. The number of para-hydroxylation sites is 1. The van der Waals surface area contributed by atoms with Gasteiger partial charge in [-0.25, -0.2) is 0 Å². The van der Waals surface area contributed by atoms with Gasteiger partial charge < -0.3 is 14.8 Å². The topological polar surface area (TPSA) is 64.6 Å². The molecule has 0 spiro atoms. The Hall–Kier alpha value is -1.80. The summed E-state index contributed by atoms with van der Waals surface area (Å²) in [6.07, 6.45) is 0.721. The van der Waals surface area contributed by atoms with Crippen molar-refractivity contribution in [1.29, 1.82) is 0 Å². The summed E-state index contributed by atoms with van der Waals surface area (Å²) in [5, 5.41) is 3.11. The molecule has 1 amide bonds. The van der Waals surface area contributed by atoms with Gasteiger partial charge in [-0.15, -0.1) is 0 Å². The van der Waals surface area contributed by atoms with Crippen LogP contribution in [0.2, 0.25) is 5.02 Å². The van der Waals surface area contributed by atoms with Crippen LogP contribution in [-0.4, -0.2) is 25.9 Å². The van der Waals surface area contributed by atoms with Crippen molar-refractivity contribution >= 4 is 52.1 Å². The average Bonchev–Trinajstić information content (AvgIpc) is 2.55. The maximum Gasteiger partial charge on any atom is 0.262 e. The maximum absolute atomic E-state index is 12.0. The van der Waals surface area contributed by atoms with Gasteiger partial charge in [0, 0.05) is 5.56 Å². The maximum atomic E-state index is 12.0. The first-order valence-electron chi connectivity index (χ1n) is 6.55. The summed E-state index contributed by atoms with van der Waals surface area (Å²) in [5.74, 6) is 0.452. The van der Waals surface area contributed by atoms with E-state index in [0.717, 1.165) is 6.29 Å². The number of amides is 1. The highest BCUT2D eigenvalue weighted by atomic mass is 127. The van der Waals surface area contributed by atoms with Gasteiger partial charge in [0.15, 0.2) is 18.1 Å². The zero-order valence-electron chi connectivity index (χ0n) is 12.1. The van der Waals surface area contributed by atoms with E-state index >= 15 is 0 Å². The molecule has 0 heterocycles. The number of carbonyl (C=O) groups is 2. The Bertz CT molecular complexity index is 736. The third kappa shape index (κ3) is 4.59. The van der Waals surface area contributed by atoms with Crippen LogP contribution in [0.5, 0.6) is 11.5 Å². The first-order valence-corrected chi connectivity index (χ1v) is 8.00. The van der Waals surface area contributed by atoms with Crippen LogP contribution in [0.3, 0.4) is 0 Å². The standard InChI is InChI=1S/C16H13ClINO4/c1-22-14-7-10(8-20)6-12(18)16(14)23-9-15(21)19-13-5-3-2-4-11(13)17/h2-8H,9H2,1H3,(H,19,21). The molecule has 0 atom stereocenters. The Kier molecular flexibility index (Phi) is 6.23. The highest BCUT2D eigenvalue weighted by molar-refractivity contribution is 14.1. The lowest BCUT2D eigenvalue weighted by Crippen LogP contribution is -2.20. The third-order valence-electron chi connectivity index (χ3n) is 2.88. The lowest BCUT2D eigenvalue weighted by molar-refractivity contribution is -0.118. The zero-order chi connectivity index (χ0) is 16.8. The number of hydrogen-bond acceptors (Lipinski definition) is 4. The summed E-state index contributed by atoms with van der Waals surface area (Å²) in [4.78, 5) is 22.8. The summed E-state index contributed by atoms with van der Waals surface area (Å²) in [7, 11) is 1.47. The van der Waals surface area contributed by atoms with Crippen molar-refractivity contribution in [2.24, 2.45) is 0 Å². The van der Waals surface area contributed by atoms with E-state index in [1.54, 1.807) is 36.4 Å². The van der Waals surface area contributed by atoms with Crippen LogP contribution in [0.4, 0.5) is 5.69 Å². The van der Waals surface area contributed by atoms with Crippen LogP contribution >= 0.6 is 34.2 Å². The lowest BCUT2D eigenvalue weighted by Gasteiger charge is -2.13. The minimum atomic E-state index is -0.351. The number of aldehydes is 1. The van der Waals surface area contributed by atoms with Gasteiger partial charge in [0.2, 0.25) is 0 Å². The van der Waals surface area contributed by atoms with Crippen LogP contribution in [-0.2, 0) is 4.79 Å². The van der Waals surface area contributed by atoms with E-state index in [2.05, 4.69) is 5.32 Å². The predicted molar refractivity (Wildman–Crippen MR) is 96.7 cm³/mol. The Morgan fingerprint density at radius 1 is 1.35 bits per heavy atom. The molecule has 0 radical (unpaired) electrons. The molecule has 0 bridgehead atoms. The fraction of sp³-hybridized carbons (Fsp3) is 0.125. The van der Waals surface area contributed by atoms with Crippen molar-refractivity contribution < 1.29 is 19.1 Å². The summed E-state index contributed by atoms with van der Waals surface area (Å²) in [6.45, 7) is -0.210. The van der Waals surface area contributed by atoms with Gasteiger partial charge in [-0.1, -0.05) is 23.7 Å². The first-order chi connectivity index (χ1) is 11.0. The normalized spacial score (nSPS) is 10.0. The molecule has 0 aliphatic carbocycles. The molecule has 5 nitrogen and oxygen atoms in total. The smallest absolute Gasteiger partial charge is 0.262 e. The second-order valence-electron chi connectivity index (χ2n) is 4.47. The predicted octanol–water partition coefficient (Wildman–Crippen LogP) is 3.78. The number of ether oxygens (including phenoxy) is 2. The molecule has 2 aromatic carbocycles. The van der Waals surface area contributed by atoms with E-state index in [0.29, 0.717) is 31.3 Å². The number of benzene rings is 2. The van der Waals surface area contributed by atoms with Crippen LogP contribution in [0.15, 0.2) is 36.4 Å². The molecule has 0 fully saturated rings. The van der Waals surface area contributed by atoms with Gasteiger partial charge in [0.1, 0.15) is 6.29 Å². The van der Waals surface area contributed by atoms with E-state index < -0.39 is 0 Å². The quantitative estimate of drug-likeness (QED) is 0.543. The third-order valence-corrected chi connectivity index (χ3v) is 4.01. The molecule has 0 unspecified atom stereocenters. The van der Waals surface area contributed by atoms with Gasteiger partial charge in [-0.2, -0.15) is 0 Å². The van der Waals surface area contributed by atoms with Crippen molar-refractivity contribution in [3.8, 4) is 11.5 Å². The number of rotatable bonds is 6. The summed E-state index contributed by atoms with van der Waals surface area (Å²) >= 11 is 8.00. The van der Waals surface area contributed by atoms with Crippen molar-refractivity contribution in [1.82, 2.24) is 0 Å². The highest BCUT2D eigenvalue weighted by Gasteiger charge is 2.14. The van der Waals surface area contributed by atoms with Crippen molar-refractivity contribution in [2.45, 2.75) is 0 Å². The van der Waals surface area contributed by atoms with Crippen molar-refractivity contribution in [3.63, 3.8) is 0 Å². The number of carbonyl (C=O) groups excluding carboxylic acids is 2. The van der Waals surface area contributed by atoms with Crippen LogP contribution in [0.1, 0.15) is 10.4 Å². The van der Waals surface area contributed by atoms with Gasteiger partial charge >= 0.3 is 0 Å². The van der Waals surface area contributed by atoms with Crippen LogP contribution in [0.25, 0.3) is 0 Å². The van der Waals surface area contributed by atoms with Gasteiger partial charge in [0.05, 0.1) is 21.4 Å². The fourth-order valence-corrected chi connectivity index (χ4v) is 2.80. The fourth-order valence-electron chi connectivity index (χ4n) is 1.83. The molecule has 120 valence electrons. The average molecular weight is 446 g/mol. The monoisotopic (exact) mass is 445 g/mol. The molecule has 2 aromatic rings. The SMILES string of the molecule is COc1cc(C=O)cc(I)c1OCC(=O)Nc1ccccc1Cl. The molecule has 23 heavy (non-hydrogen) atoms.